The largest absolute Gasteiger partial charge is 0.321 e. The van der Waals surface area contributed by atoms with Crippen LogP contribution >= 0.6 is 0 Å². The Balaban J connectivity index is 1.82. The molecule has 0 unspecified atom stereocenters. The van der Waals surface area contributed by atoms with Crippen molar-refractivity contribution in [2.24, 2.45) is 4.40 Å². The van der Waals surface area contributed by atoms with E-state index in [1.807, 2.05) is 6.92 Å². The molecule has 3 aromatic rings. The molecule has 0 aliphatic heterocycles. The van der Waals surface area contributed by atoms with E-state index in [4.69, 9.17) is 0 Å². The zero-order chi connectivity index (χ0) is 19.7. The smallest absolute Gasteiger partial charge is 0.282 e. The Morgan fingerprint density at radius 1 is 1.04 bits per heavy atom. The van der Waals surface area contributed by atoms with Crippen LogP contribution in [-0.2, 0) is 10.0 Å². The van der Waals surface area contributed by atoms with Gasteiger partial charge in [-0.05, 0) is 25.1 Å². The van der Waals surface area contributed by atoms with Crippen molar-refractivity contribution in [3.63, 3.8) is 0 Å². The normalized spacial score (nSPS) is 15.2. The molecule has 1 aliphatic rings. The van der Waals surface area contributed by atoms with Crippen LogP contribution < -0.4 is 5.32 Å². The molecular weight excluding hydrogens is 378 g/mol. The highest BCUT2D eigenvalue weighted by Crippen LogP contribution is 2.24. The molecule has 1 aliphatic carbocycles. The van der Waals surface area contributed by atoms with Gasteiger partial charge in [0.05, 0.1) is 16.3 Å². The first-order chi connectivity index (χ1) is 13.4. The van der Waals surface area contributed by atoms with Gasteiger partial charge in [0, 0.05) is 11.1 Å². The van der Waals surface area contributed by atoms with E-state index in [1.165, 1.54) is 24.5 Å². The van der Waals surface area contributed by atoms with Gasteiger partial charge in [-0.25, -0.2) is 0 Å². The van der Waals surface area contributed by atoms with E-state index in [1.54, 1.807) is 36.4 Å². The molecule has 2 aromatic carbocycles. The minimum absolute atomic E-state index is 0.0816. The van der Waals surface area contributed by atoms with Crippen molar-refractivity contribution < 1.29 is 13.2 Å². The first-order valence-electron chi connectivity index (χ1n) is 8.34. The second kappa shape index (κ2) is 6.86. The fourth-order valence-corrected chi connectivity index (χ4v) is 3.78. The number of allylic oxidation sites excluding steroid dienone is 2. The van der Waals surface area contributed by atoms with E-state index >= 15 is 0 Å². The summed E-state index contributed by atoms with van der Waals surface area (Å²) in [7, 11) is -3.95. The average Bonchev–Trinajstić information content (AvgIpc) is 3.19. The summed E-state index contributed by atoms with van der Waals surface area (Å²) in [4.78, 5) is 15.6. The Labute approximate surface area is 161 Å². The number of Topliss-reactive ketones (excluding diaryl/α,β-unsaturated/α-hetero) is 1. The van der Waals surface area contributed by atoms with Crippen LogP contribution in [0.25, 0.3) is 0 Å². The van der Waals surface area contributed by atoms with E-state index in [-0.39, 0.29) is 28.0 Å². The predicted octanol–water partition coefficient (Wildman–Crippen LogP) is 2.48. The van der Waals surface area contributed by atoms with Crippen LogP contribution in [0, 0.1) is 6.92 Å². The lowest BCUT2D eigenvalue weighted by Gasteiger charge is -2.17. The van der Waals surface area contributed by atoms with Crippen molar-refractivity contribution in [1.82, 2.24) is 15.2 Å². The molecule has 9 heteroatoms. The van der Waals surface area contributed by atoms with Crippen LogP contribution in [-0.4, -0.2) is 35.1 Å². The molecule has 1 aromatic heterocycles. The SMILES string of the molecule is Cc1ccc(S(=O)(=O)/N=C2\C=C(Nc3nnc[nH]3)C(=O)c3ccccc32)cc1. The number of H-pyrrole nitrogens is 1. The summed E-state index contributed by atoms with van der Waals surface area (Å²) in [6.45, 7) is 1.87. The van der Waals surface area contributed by atoms with Crippen LogP contribution in [0.4, 0.5) is 5.95 Å². The molecule has 4 rings (SSSR count). The van der Waals surface area contributed by atoms with Crippen molar-refractivity contribution in [2.75, 3.05) is 5.32 Å². The monoisotopic (exact) mass is 393 g/mol. The number of aromatic amines is 1. The molecular formula is C19H15N5O3S. The van der Waals surface area contributed by atoms with Gasteiger partial charge in [0.2, 0.25) is 11.7 Å². The summed E-state index contributed by atoms with van der Waals surface area (Å²) in [6, 6.07) is 13.1. The highest BCUT2D eigenvalue weighted by molar-refractivity contribution is 7.90. The number of nitrogens with one attached hydrogen (secondary N) is 2. The number of carbonyl (C=O) groups excluding carboxylic acids is 1. The Bertz CT molecular complexity index is 1210. The summed E-state index contributed by atoms with van der Waals surface area (Å²) in [5.41, 5.74) is 2.06. The van der Waals surface area contributed by atoms with Crippen molar-refractivity contribution in [2.45, 2.75) is 11.8 Å². The number of hydrogen-bond donors (Lipinski definition) is 2. The molecule has 2 N–H and O–H groups in total. The maximum Gasteiger partial charge on any atom is 0.282 e. The molecule has 0 spiro atoms. The summed E-state index contributed by atoms with van der Waals surface area (Å²) in [5.74, 6) is -0.0293. The lowest BCUT2D eigenvalue weighted by molar-refractivity contribution is 0.103. The third-order valence-corrected chi connectivity index (χ3v) is 5.49. The van der Waals surface area contributed by atoms with Gasteiger partial charge in [0.25, 0.3) is 10.0 Å². The Kier molecular flexibility index (Phi) is 4.36. The lowest BCUT2D eigenvalue weighted by atomic mass is 9.92. The van der Waals surface area contributed by atoms with Crippen molar-refractivity contribution in [3.05, 3.63) is 83.3 Å². The highest BCUT2D eigenvalue weighted by atomic mass is 32.2. The molecule has 140 valence electrons. The van der Waals surface area contributed by atoms with Crippen LogP contribution in [0.1, 0.15) is 21.5 Å². The Morgan fingerprint density at radius 3 is 2.43 bits per heavy atom. The summed E-state index contributed by atoms with van der Waals surface area (Å²) >= 11 is 0. The van der Waals surface area contributed by atoms with Crippen molar-refractivity contribution >= 4 is 27.5 Å². The standard InChI is InChI=1S/C19H15N5O3S/c1-12-6-8-13(9-7-12)28(26,27)24-16-10-17(22-19-20-11-21-23-19)18(25)15-5-3-2-4-14(15)16/h2-11H,1H3,(H2,20,21,22,23)/b24-16+. The minimum Gasteiger partial charge on any atom is -0.321 e. The number of nitrogens with zero attached hydrogens (tertiary/aromatic N) is 3. The molecule has 0 saturated carbocycles. The van der Waals surface area contributed by atoms with Gasteiger partial charge in [-0.1, -0.05) is 42.0 Å². The molecule has 0 fully saturated rings. The number of carbonyl (C=O) groups is 1. The number of aromatic nitrogens is 3. The molecule has 28 heavy (non-hydrogen) atoms. The Hall–Kier alpha value is -3.59. The Morgan fingerprint density at radius 2 is 1.75 bits per heavy atom. The van der Waals surface area contributed by atoms with Crippen molar-refractivity contribution in [1.29, 1.82) is 0 Å². The van der Waals surface area contributed by atoms with Gasteiger partial charge in [-0.15, -0.1) is 10.2 Å². The van der Waals surface area contributed by atoms with Crippen molar-refractivity contribution in [3.8, 4) is 0 Å². The molecule has 1 heterocycles. The quantitative estimate of drug-likeness (QED) is 0.703. The van der Waals surface area contributed by atoms with Crippen LogP contribution in [0.2, 0.25) is 0 Å². The molecule has 0 bridgehead atoms. The second-order valence-electron chi connectivity index (χ2n) is 6.16. The molecule has 0 atom stereocenters. The fraction of sp³-hybridized carbons (Fsp3) is 0.0526. The summed E-state index contributed by atoms with van der Waals surface area (Å²) in [5, 5.41) is 10.3. The minimum atomic E-state index is -3.95. The van der Waals surface area contributed by atoms with Crippen LogP contribution in [0.3, 0.4) is 0 Å². The fourth-order valence-electron chi connectivity index (χ4n) is 2.78. The number of rotatable bonds is 4. The lowest BCUT2D eigenvalue weighted by Crippen LogP contribution is -2.23. The number of anilines is 1. The first-order valence-corrected chi connectivity index (χ1v) is 9.78. The number of hydrogen-bond acceptors (Lipinski definition) is 6. The van der Waals surface area contributed by atoms with Gasteiger partial charge < -0.3 is 10.3 Å². The third-order valence-electron chi connectivity index (χ3n) is 4.18. The molecule has 8 nitrogen and oxygen atoms in total. The van der Waals surface area contributed by atoms with Crippen LogP contribution in [0.5, 0.6) is 0 Å². The number of sulfonamides is 1. The maximum atomic E-state index is 12.8. The summed E-state index contributed by atoms with van der Waals surface area (Å²) in [6.07, 6.45) is 2.76. The highest BCUT2D eigenvalue weighted by Gasteiger charge is 2.26. The van der Waals surface area contributed by atoms with Gasteiger partial charge in [-0.3, -0.25) is 4.79 Å². The van der Waals surface area contributed by atoms with Gasteiger partial charge in [0.1, 0.15) is 6.33 Å². The molecule has 0 saturated heterocycles. The third kappa shape index (κ3) is 3.35. The molecule has 0 radical (unpaired) electrons. The zero-order valence-corrected chi connectivity index (χ0v) is 15.6. The molecule has 0 amide bonds. The van der Waals surface area contributed by atoms with Gasteiger partial charge in [-0.2, -0.15) is 12.8 Å². The number of fused-ring (bicyclic) bond motifs is 1. The zero-order valence-electron chi connectivity index (χ0n) is 14.7. The van der Waals surface area contributed by atoms with E-state index in [0.717, 1.165) is 5.56 Å². The number of ketones is 1. The van der Waals surface area contributed by atoms with Crippen LogP contribution in [0.15, 0.2) is 75.9 Å². The van der Waals surface area contributed by atoms with E-state index in [0.29, 0.717) is 11.1 Å². The van der Waals surface area contributed by atoms with E-state index in [2.05, 4.69) is 24.9 Å². The van der Waals surface area contributed by atoms with E-state index in [9.17, 15) is 13.2 Å². The van der Waals surface area contributed by atoms with E-state index < -0.39 is 10.0 Å². The van der Waals surface area contributed by atoms with Gasteiger partial charge in [0.15, 0.2) is 0 Å². The van der Waals surface area contributed by atoms with Gasteiger partial charge >= 0.3 is 0 Å². The average molecular weight is 393 g/mol. The topological polar surface area (TPSA) is 117 Å². The first kappa shape index (κ1) is 17.8. The number of aryl methyl sites for hydroxylation is 1. The number of benzene rings is 2. The predicted molar refractivity (Wildman–Crippen MR) is 104 cm³/mol. The maximum absolute atomic E-state index is 12.8. The second-order valence-corrected chi connectivity index (χ2v) is 7.76. The summed E-state index contributed by atoms with van der Waals surface area (Å²) < 4.78 is 29.5.